The van der Waals surface area contributed by atoms with Gasteiger partial charge in [-0.25, -0.2) is 30.3 Å². The molecule has 0 amide bonds. The van der Waals surface area contributed by atoms with Crippen LogP contribution >= 0.6 is 0 Å². The molecule has 12 heteroatoms. The van der Waals surface area contributed by atoms with Gasteiger partial charge in [0.05, 0.1) is 0 Å². The third kappa shape index (κ3) is 4.13. The third-order valence-electron chi connectivity index (χ3n) is 1.59. The summed E-state index contributed by atoms with van der Waals surface area (Å²) < 4.78 is 0. The van der Waals surface area contributed by atoms with Crippen molar-refractivity contribution >= 4 is 17.1 Å². The van der Waals surface area contributed by atoms with Crippen molar-refractivity contribution in [1.82, 2.24) is 0 Å². The molecule has 0 aliphatic heterocycles. The van der Waals surface area contributed by atoms with E-state index in [1.54, 1.807) is 16.3 Å². The molecule has 0 heterocycles. The zero-order chi connectivity index (χ0) is 13.7. The molecule has 1 aromatic carbocycles. The van der Waals surface area contributed by atoms with Crippen LogP contribution in [0.5, 0.6) is 0 Å². The van der Waals surface area contributed by atoms with Gasteiger partial charge in [0.15, 0.2) is 15.1 Å². The first-order valence-corrected chi connectivity index (χ1v) is 4.25. The summed E-state index contributed by atoms with van der Waals surface area (Å²) >= 11 is 0. The number of nitrogens with one attached hydrogen (secondary N) is 3. The first-order valence-electron chi connectivity index (χ1n) is 4.25. The lowest BCUT2D eigenvalue weighted by Crippen LogP contribution is -2.13. The minimum Gasteiger partial charge on any atom is -0.235 e. The number of hydrogen-bond donors (Lipinski definition) is 3. The zero-order valence-corrected chi connectivity index (χ0v) is 8.52. The van der Waals surface area contributed by atoms with E-state index in [0.29, 0.717) is 0 Å². The van der Waals surface area contributed by atoms with E-state index in [2.05, 4.69) is 0 Å². The Morgan fingerprint density at radius 3 is 1.06 bits per heavy atom. The number of anilines is 3. The van der Waals surface area contributed by atoms with Gasteiger partial charge in [-0.1, -0.05) is 0 Å². The smallest absolute Gasteiger partial charge is 0.162 e. The molecule has 18 heavy (non-hydrogen) atoms. The van der Waals surface area contributed by atoms with Gasteiger partial charge in [0.1, 0.15) is 17.1 Å². The Morgan fingerprint density at radius 1 is 0.667 bits per heavy atom. The molecule has 0 radical (unpaired) electrons. The highest BCUT2D eigenvalue weighted by Crippen LogP contribution is 2.22. The standard InChI is InChI=1S/C6H6N6O6/c13-10(14)7-4-1-5(8-11(15)16)3-6(2-4)9-12(17)18/h1-3,7-9H. The third-order valence-corrected chi connectivity index (χ3v) is 1.59. The van der Waals surface area contributed by atoms with Crippen molar-refractivity contribution < 1.29 is 15.1 Å². The molecule has 0 saturated carbocycles. The van der Waals surface area contributed by atoms with E-state index in [9.17, 15) is 30.3 Å². The van der Waals surface area contributed by atoms with Crippen molar-refractivity contribution in [2.75, 3.05) is 16.3 Å². The molecule has 0 fully saturated rings. The first kappa shape index (κ1) is 12.9. The molecule has 0 spiro atoms. The molecule has 0 aliphatic rings. The van der Waals surface area contributed by atoms with Gasteiger partial charge in [-0.3, -0.25) is 0 Å². The summed E-state index contributed by atoms with van der Waals surface area (Å²) in [4.78, 5) is 30.7. The van der Waals surface area contributed by atoms with Crippen LogP contribution in [0.1, 0.15) is 0 Å². The molecule has 0 atom stereocenters. The Labute approximate surface area is 98.0 Å². The van der Waals surface area contributed by atoms with Gasteiger partial charge in [0.25, 0.3) is 0 Å². The summed E-state index contributed by atoms with van der Waals surface area (Å²) in [6, 6.07) is 3.16. The van der Waals surface area contributed by atoms with Crippen molar-refractivity contribution in [2.24, 2.45) is 0 Å². The van der Waals surface area contributed by atoms with Crippen LogP contribution in [-0.2, 0) is 0 Å². The maximum atomic E-state index is 10.2. The normalized spacial score (nSPS) is 9.33. The van der Waals surface area contributed by atoms with Gasteiger partial charge in [-0.15, -0.1) is 16.3 Å². The fraction of sp³-hybridized carbons (Fsp3) is 0. The van der Waals surface area contributed by atoms with Crippen LogP contribution in [0.25, 0.3) is 0 Å². The summed E-state index contributed by atoms with van der Waals surface area (Å²) in [6.45, 7) is 0. The minimum absolute atomic E-state index is 0.156. The molecular formula is C6H6N6O6. The van der Waals surface area contributed by atoms with Crippen LogP contribution < -0.4 is 16.3 Å². The Hall–Kier alpha value is -3.18. The lowest BCUT2D eigenvalue weighted by Gasteiger charge is -2.04. The molecule has 96 valence electrons. The van der Waals surface area contributed by atoms with Gasteiger partial charge in [0.2, 0.25) is 0 Å². The van der Waals surface area contributed by atoms with Crippen molar-refractivity contribution in [1.29, 1.82) is 0 Å². The van der Waals surface area contributed by atoms with Crippen molar-refractivity contribution in [3.63, 3.8) is 0 Å². The van der Waals surface area contributed by atoms with Gasteiger partial charge in [-0.2, -0.15) is 0 Å². The second-order valence-corrected chi connectivity index (χ2v) is 2.91. The van der Waals surface area contributed by atoms with E-state index in [4.69, 9.17) is 0 Å². The number of benzene rings is 1. The molecule has 1 rings (SSSR count). The fourth-order valence-corrected chi connectivity index (χ4v) is 1.14. The predicted octanol–water partition coefficient (Wildman–Crippen LogP) is 0.497. The Bertz CT molecular complexity index is 420. The van der Waals surface area contributed by atoms with Gasteiger partial charge in [0, 0.05) is 0 Å². The lowest BCUT2D eigenvalue weighted by atomic mass is 10.2. The largest absolute Gasteiger partial charge is 0.235 e. The SMILES string of the molecule is O=[N+]([O-])Nc1cc(N[N+](=O)[O-])cc(N[N+](=O)[O-])c1. The average molecular weight is 258 g/mol. The molecule has 0 unspecified atom stereocenters. The Balaban J connectivity index is 3.06. The van der Waals surface area contributed by atoms with E-state index < -0.39 is 15.1 Å². The van der Waals surface area contributed by atoms with Crippen LogP contribution in [0.15, 0.2) is 18.2 Å². The van der Waals surface area contributed by atoms with E-state index >= 15 is 0 Å². The Morgan fingerprint density at radius 2 is 0.889 bits per heavy atom. The van der Waals surface area contributed by atoms with Crippen LogP contribution in [-0.4, -0.2) is 15.1 Å². The summed E-state index contributed by atoms with van der Waals surface area (Å²) in [6.07, 6.45) is 0. The second-order valence-electron chi connectivity index (χ2n) is 2.91. The maximum absolute atomic E-state index is 10.2. The van der Waals surface area contributed by atoms with Crippen molar-refractivity contribution in [3.05, 3.63) is 48.5 Å². The first-order chi connectivity index (χ1) is 8.36. The lowest BCUT2D eigenvalue weighted by molar-refractivity contribution is -0.446. The van der Waals surface area contributed by atoms with Gasteiger partial charge < -0.3 is 0 Å². The van der Waals surface area contributed by atoms with E-state index in [1.165, 1.54) is 0 Å². The molecule has 0 saturated heterocycles. The molecular weight excluding hydrogens is 252 g/mol. The summed E-state index contributed by atoms with van der Waals surface area (Å²) in [7, 11) is 0. The Kier molecular flexibility index (Phi) is 3.75. The number of nitrogens with zero attached hydrogens (tertiary/aromatic N) is 3. The number of nitro groups is 3. The summed E-state index contributed by atoms with van der Waals surface area (Å²) in [5.41, 5.74) is 4.72. The molecule has 1 aromatic rings. The van der Waals surface area contributed by atoms with Crippen LogP contribution in [0.3, 0.4) is 0 Å². The number of rotatable bonds is 6. The van der Waals surface area contributed by atoms with Crippen LogP contribution in [0.2, 0.25) is 0 Å². The fourth-order valence-electron chi connectivity index (χ4n) is 1.14. The molecule has 3 N–H and O–H groups in total. The maximum Gasteiger partial charge on any atom is 0.162 e. The van der Waals surface area contributed by atoms with E-state index in [-0.39, 0.29) is 17.1 Å². The highest BCUT2D eigenvalue weighted by Gasteiger charge is 2.10. The monoisotopic (exact) mass is 258 g/mol. The molecule has 0 aliphatic carbocycles. The predicted molar refractivity (Wildman–Crippen MR) is 58.3 cm³/mol. The highest BCUT2D eigenvalue weighted by molar-refractivity contribution is 5.65. The van der Waals surface area contributed by atoms with Gasteiger partial charge >= 0.3 is 0 Å². The summed E-state index contributed by atoms with van der Waals surface area (Å²) in [5, 5.41) is 28.0. The average Bonchev–Trinajstić information content (AvgIpc) is 2.12. The van der Waals surface area contributed by atoms with Crippen molar-refractivity contribution in [3.8, 4) is 0 Å². The van der Waals surface area contributed by atoms with Crippen LogP contribution in [0, 0.1) is 30.3 Å². The molecule has 0 aromatic heterocycles. The van der Waals surface area contributed by atoms with Crippen LogP contribution in [0.4, 0.5) is 17.1 Å². The zero-order valence-electron chi connectivity index (χ0n) is 8.52. The number of hydrogen-bond acceptors (Lipinski definition) is 6. The quantitative estimate of drug-likeness (QED) is 0.486. The van der Waals surface area contributed by atoms with Crippen molar-refractivity contribution in [2.45, 2.75) is 0 Å². The minimum atomic E-state index is -0.902. The second kappa shape index (κ2) is 5.24. The van der Waals surface area contributed by atoms with Gasteiger partial charge in [-0.05, 0) is 18.2 Å². The molecule has 0 bridgehead atoms. The summed E-state index contributed by atoms with van der Waals surface area (Å²) in [5.74, 6) is 0. The topological polar surface area (TPSA) is 166 Å². The van der Waals surface area contributed by atoms with E-state index in [1.807, 2.05) is 0 Å². The van der Waals surface area contributed by atoms with E-state index in [0.717, 1.165) is 18.2 Å². The highest BCUT2D eigenvalue weighted by atomic mass is 16.7. The molecule has 12 nitrogen and oxygen atoms in total. The number of hydrazine groups is 3.